The summed E-state index contributed by atoms with van der Waals surface area (Å²) in [7, 11) is 3.84. The van der Waals surface area contributed by atoms with Crippen molar-refractivity contribution < 1.29 is 19.4 Å². The minimum atomic E-state index is -0.676. The first-order valence-electron chi connectivity index (χ1n) is 11.6. The summed E-state index contributed by atoms with van der Waals surface area (Å²) in [6.45, 7) is 5.68. The number of rotatable bonds is 10. The maximum atomic E-state index is 13.1. The third kappa shape index (κ3) is 5.82. The highest BCUT2D eigenvalue weighted by molar-refractivity contribution is 6.46. The third-order valence-electron chi connectivity index (χ3n) is 5.84. The quantitative estimate of drug-likeness (QED) is 0.249. The molecule has 3 rings (SSSR count). The molecule has 6 heteroatoms. The van der Waals surface area contributed by atoms with Gasteiger partial charge in [0, 0.05) is 18.7 Å². The van der Waals surface area contributed by atoms with E-state index in [1.807, 2.05) is 62.3 Å². The molecule has 1 aliphatic heterocycles. The predicted molar refractivity (Wildman–Crippen MR) is 130 cm³/mol. The van der Waals surface area contributed by atoms with Crippen molar-refractivity contribution in [1.82, 2.24) is 9.80 Å². The van der Waals surface area contributed by atoms with Crippen molar-refractivity contribution in [2.24, 2.45) is 0 Å². The van der Waals surface area contributed by atoms with Gasteiger partial charge in [-0.15, -0.1) is 0 Å². The number of hydrogen-bond donors (Lipinski definition) is 1. The molecule has 0 aliphatic carbocycles. The van der Waals surface area contributed by atoms with Crippen molar-refractivity contribution in [2.75, 3.05) is 33.8 Å². The van der Waals surface area contributed by atoms with Gasteiger partial charge >= 0.3 is 0 Å². The number of ether oxygens (including phenoxy) is 1. The van der Waals surface area contributed by atoms with E-state index in [0.29, 0.717) is 31.0 Å². The van der Waals surface area contributed by atoms with Gasteiger partial charge in [-0.05, 0) is 45.1 Å². The maximum absolute atomic E-state index is 13.1. The van der Waals surface area contributed by atoms with Gasteiger partial charge in [-0.1, -0.05) is 61.7 Å². The summed E-state index contributed by atoms with van der Waals surface area (Å²) in [5.41, 5.74) is 2.42. The van der Waals surface area contributed by atoms with Gasteiger partial charge in [-0.3, -0.25) is 9.59 Å². The Morgan fingerprint density at radius 2 is 1.82 bits per heavy atom. The molecule has 0 bridgehead atoms. The molecule has 2 aromatic rings. The van der Waals surface area contributed by atoms with Crippen LogP contribution < -0.4 is 4.74 Å². The van der Waals surface area contributed by atoms with E-state index in [0.717, 1.165) is 30.4 Å². The molecule has 1 fully saturated rings. The number of amides is 1. The second kappa shape index (κ2) is 11.1. The molecular weight excluding hydrogens is 416 g/mol. The van der Waals surface area contributed by atoms with E-state index < -0.39 is 17.7 Å². The van der Waals surface area contributed by atoms with Crippen LogP contribution >= 0.6 is 0 Å². The molecule has 1 saturated heterocycles. The summed E-state index contributed by atoms with van der Waals surface area (Å²) < 4.78 is 5.91. The van der Waals surface area contributed by atoms with Crippen LogP contribution in [0.3, 0.4) is 0 Å². The van der Waals surface area contributed by atoms with Crippen molar-refractivity contribution in [2.45, 2.75) is 39.2 Å². The number of aryl methyl sites for hydroxylation is 1. The van der Waals surface area contributed by atoms with E-state index in [2.05, 4.69) is 6.92 Å². The molecule has 1 amide bonds. The smallest absolute Gasteiger partial charge is 0.295 e. The molecule has 1 unspecified atom stereocenters. The number of benzene rings is 2. The van der Waals surface area contributed by atoms with Crippen LogP contribution in [0.25, 0.3) is 5.76 Å². The van der Waals surface area contributed by atoms with Gasteiger partial charge in [0.05, 0.1) is 18.2 Å². The SMILES string of the molecule is CCCCCOc1cccc(C2/C(=C(\O)c3ccc(C)cc3)C(=O)C(=O)N2CCN(C)C)c1. The predicted octanol–water partition coefficient (Wildman–Crippen LogP) is 4.55. The highest BCUT2D eigenvalue weighted by atomic mass is 16.5. The van der Waals surface area contributed by atoms with Gasteiger partial charge in [0.1, 0.15) is 11.5 Å². The molecule has 0 radical (unpaired) electrons. The summed E-state index contributed by atoms with van der Waals surface area (Å²) in [5.74, 6) is -0.715. The van der Waals surface area contributed by atoms with Crippen molar-refractivity contribution >= 4 is 17.4 Å². The molecule has 176 valence electrons. The maximum Gasteiger partial charge on any atom is 0.295 e. The summed E-state index contributed by atoms with van der Waals surface area (Å²) >= 11 is 0. The number of carbonyl (C=O) groups excluding carboxylic acids is 2. The fourth-order valence-corrected chi connectivity index (χ4v) is 3.95. The lowest BCUT2D eigenvalue weighted by Crippen LogP contribution is -2.35. The van der Waals surface area contributed by atoms with E-state index in [9.17, 15) is 14.7 Å². The fourth-order valence-electron chi connectivity index (χ4n) is 3.95. The molecule has 1 N–H and O–H groups in total. The number of likely N-dealkylation sites (tertiary alicyclic amines) is 1. The minimum Gasteiger partial charge on any atom is -0.507 e. The number of likely N-dealkylation sites (N-methyl/N-ethyl adjacent to an activating group) is 1. The van der Waals surface area contributed by atoms with E-state index in [1.165, 1.54) is 0 Å². The Kier molecular flexibility index (Phi) is 8.28. The minimum absolute atomic E-state index is 0.116. The zero-order chi connectivity index (χ0) is 24.0. The Morgan fingerprint density at radius 1 is 1.09 bits per heavy atom. The molecule has 1 aliphatic rings. The molecule has 0 saturated carbocycles. The molecule has 0 aromatic heterocycles. The summed E-state index contributed by atoms with van der Waals surface area (Å²) in [6, 6.07) is 14.1. The monoisotopic (exact) mass is 450 g/mol. The number of ketones is 1. The van der Waals surface area contributed by atoms with Crippen molar-refractivity contribution in [3.05, 3.63) is 70.8 Å². The Labute approximate surface area is 196 Å². The molecule has 33 heavy (non-hydrogen) atoms. The van der Waals surface area contributed by atoms with E-state index in [-0.39, 0.29) is 11.3 Å². The van der Waals surface area contributed by atoms with Crippen LogP contribution in [0, 0.1) is 6.92 Å². The number of Topliss-reactive ketones (excluding diaryl/α,β-unsaturated/α-hetero) is 1. The molecule has 1 atom stereocenters. The van der Waals surface area contributed by atoms with Crippen LogP contribution in [-0.4, -0.2) is 60.4 Å². The molecule has 6 nitrogen and oxygen atoms in total. The van der Waals surface area contributed by atoms with E-state index >= 15 is 0 Å². The molecule has 2 aromatic carbocycles. The van der Waals surface area contributed by atoms with Gasteiger partial charge in [0.2, 0.25) is 0 Å². The van der Waals surface area contributed by atoms with Crippen LogP contribution in [0.1, 0.15) is 48.9 Å². The van der Waals surface area contributed by atoms with Crippen LogP contribution in [0.15, 0.2) is 54.1 Å². The van der Waals surface area contributed by atoms with Gasteiger partial charge in [0.25, 0.3) is 11.7 Å². The van der Waals surface area contributed by atoms with E-state index in [4.69, 9.17) is 4.74 Å². The average Bonchev–Trinajstić information content (AvgIpc) is 3.05. The first-order chi connectivity index (χ1) is 15.8. The van der Waals surface area contributed by atoms with Gasteiger partial charge in [0.15, 0.2) is 0 Å². The number of nitrogens with zero attached hydrogens (tertiary/aromatic N) is 2. The lowest BCUT2D eigenvalue weighted by molar-refractivity contribution is -0.140. The molecule has 1 heterocycles. The topological polar surface area (TPSA) is 70.1 Å². The summed E-state index contributed by atoms with van der Waals surface area (Å²) in [4.78, 5) is 29.6. The number of aliphatic hydroxyl groups is 1. The average molecular weight is 451 g/mol. The third-order valence-corrected chi connectivity index (χ3v) is 5.84. The van der Waals surface area contributed by atoms with Gasteiger partial charge < -0.3 is 19.6 Å². The second-order valence-corrected chi connectivity index (χ2v) is 8.79. The van der Waals surface area contributed by atoms with Crippen molar-refractivity contribution in [3.63, 3.8) is 0 Å². The van der Waals surface area contributed by atoms with E-state index in [1.54, 1.807) is 17.0 Å². The number of hydrogen-bond acceptors (Lipinski definition) is 5. The first-order valence-corrected chi connectivity index (χ1v) is 11.6. The number of unbranched alkanes of at least 4 members (excludes halogenated alkanes) is 2. The Bertz CT molecular complexity index is 1010. The van der Waals surface area contributed by atoms with Crippen molar-refractivity contribution in [1.29, 1.82) is 0 Å². The Hall–Kier alpha value is -3.12. The Morgan fingerprint density at radius 3 is 2.48 bits per heavy atom. The standard InChI is InChI=1S/C27H34N2O4/c1-5-6-7-17-33-22-10-8-9-21(18-22)24-23(25(30)20-13-11-19(2)12-14-20)26(31)27(32)29(24)16-15-28(3)4/h8-14,18,24,30H,5-7,15-17H2,1-4H3/b25-23+. The highest BCUT2D eigenvalue weighted by Gasteiger charge is 2.46. The first kappa shape index (κ1) is 24.5. The van der Waals surface area contributed by atoms with Crippen molar-refractivity contribution in [3.8, 4) is 5.75 Å². The van der Waals surface area contributed by atoms with Gasteiger partial charge in [-0.25, -0.2) is 0 Å². The van der Waals surface area contributed by atoms with Crippen LogP contribution in [-0.2, 0) is 9.59 Å². The highest BCUT2D eigenvalue weighted by Crippen LogP contribution is 2.40. The van der Waals surface area contributed by atoms with Crippen LogP contribution in [0.4, 0.5) is 0 Å². The molecular formula is C27H34N2O4. The summed E-state index contributed by atoms with van der Waals surface area (Å²) in [6.07, 6.45) is 3.18. The largest absolute Gasteiger partial charge is 0.507 e. The zero-order valence-electron chi connectivity index (χ0n) is 20.0. The van der Waals surface area contributed by atoms with Crippen LogP contribution in [0.2, 0.25) is 0 Å². The lowest BCUT2D eigenvalue weighted by atomic mass is 9.95. The zero-order valence-corrected chi connectivity index (χ0v) is 20.0. The fraction of sp³-hybridized carbons (Fsp3) is 0.407. The van der Waals surface area contributed by atoms with Crippen LogP contribution in [0.5, 0.6) is 5.75 Å². The lowest BCUT2D eigenvalue weighted by Gasteiger charge is -2.27. The number of aliphatic hydroxyl groups excluding tert-OH is 1. The Balaban J connectivity index is 2.03. The number of carbonyl (C=O) groups is 2. The second-order valence-electron chi connectivity index (χ2n) is 8.79. The molecule has 0 spiro atoms. The van der Waals surface area contributed by atoms with Gasteiger partial charge in [-0.2, -0.15) is 0 Å². The summed E-state index contributed by atoms with van der Waals surface area (Å²) in [5, 5.41) is 11.1. The normalized spacial score (nSPS) is 17.7.